The zero-order chi connectivity index (χ0) is 12.3. The molecule has 0 aliphatic heterocycles. The molecule has 2 aromatic rings. The molecule has 17 heavy (non-hydrogen) atoms. The standard InChI is InChI=1S/C12H15N3O2/c1-8(17)13-9-4-5-10-11(7-9)15-12(14-10)3-2-6-16/h4-5,7,16H,2-3,6H2,1H3,(H,13,17)(H,14,15). The zero-order valence-corrected chi connectivity index (χ0v) is 9.66. The van der Waals surface area contributed by atoms with Gasteiger partial charge in [-0.25, -0.2) is 4.98 Å². The third-order valence-electron chi connectivity index (χ3n) is 2.42. The van der Waals surface area contributed by atoms with Crippen LogP contribution < -0.4 is 5.32 Å². The van der Waals surface area contributed by atoms with Gasteiger partial charge in [-0.2, -0.15) is 0 Å². The van der Waals surface area contributed by atoms with Gasteiger partial charge in [0, 0.05) is 25.6 Å². The lowest BCUT2D eigenvalue weighted by molar-refractivity contribution is -0.114. The first-order valence-corrected chi connectivity index (χ1v) is 5.56. The first-order chi connectivity index (χ1) is 8.19. The van der Waals surface area contributed by atoms with Gasteiger partial charge in [0.15, 0.2) is 0 Å². The Bertz CT molecular complexity index is 534. The van der Waals surface area contributed by atoms with E-state index in [1.54, 1.807) is 0 Å². The summed E-state index contributed by atoms with van der Waals surface area (Å²) >= 11 is 0. The van der Waals surface area contributed by atoms with Crippen LogP contribution in [-0.2, 0) is 11.2 Å². The smallest absolute Gasteiger partial charge is 0.221 e. The molecule has 0 fully saturated rings. The minimum Gasteiger partial charge on any atom is -0.396 e. The van der Waals surface area contributed by atoms with Crippen LogP contribution in [0, 0.1) is 0 Å². The van der Waals surface area contributed by atoms with Crippen molar-refractivity contribution in [2.24, 2.45) is 0 Å². The van der Waals surface area contributed by atoms with Crippen LogP contribution in [-0.4, -0.2) is 27.6 Å². The van der Waals surface area contributed by atoms with Crippen molar-refractivity contribution in [3.05, 3.63) is 24.0 Å². The number of H-pyrrole nitrogens is 1. The summed E-state index contributed by atoms with van der Waals surface area (Å²) in [6.07, 6.45) is 1.42. The predicted molar refractivity (Wildman–Crippen MR) is 65.8 cm³/mol. The predicted octanol–water partition coefficient (Wildman–Crippen LogP) is 1.45. The Morgan fingerprint density at radius 1 is 1.53 bits per heavy atom. The number of nitrogens with zero attached hydrogens (tertiary/aromatic N) is 1. The van der Waals surface area contributed by atoms with Crippen molar-refractivity contribution in [3.8, 4) is 0 Å². The highest BCUT2D eigenvalue weighted by atomic mass is 16.2. The molecule has 2 rings (SSSR count). The number of amides is 1. The molecule has 1 aromatic carbocycles. The Morgan fingerprint density at radius 3 is 3.06 bits per heavy atom. The summed E-state index contributed by atoms with van der Waals surface area (Å²) in [7, 11) is 0. The lowest BCUT2D eigenvalue weighted by Gasteiger charge is -2.00. The molecular formula is C12H15N3O2. The van der Waals surface area contributed by atoms with E-state index in [1.165, 1.54) is 6.92 Å². The van der Waals surface area contributed by atoms with Gasteiger partial charge in [0.05, 0.1) is 11.0 Å². The van der Waals surface area contributed by atoms with Crippen molar-refractivity contribution in [3.63, 3.8) is 0 Å². The van der Waals surface area contributed by atoms with Crippen LogP contribution in [0.3, 0.4) is 0 Å². The number of rotatable bonds is 4. The number of hydrogen-bond acceptors (Lipinski definition) is 3. The van der Waals surface area contributed by atoms with Crippen LogP contribution in [0.15, 0.2) is 18.2 Å². The molecule has 0 saturated heterocycles. The molecule has 0 radical (unpaired) electrons. The van der Waals surface area contributed by atoms with Gasteiger partial charge >= 0.3 is 0 Å². The summed E-state index contributed by atoms with van der Waals surface area (Å²) in [6, 6.07) is 5.53. The van der Waals surface area contributed by atoms with Gasteiger partial charge in [-0.05, 0) is 24.6 Å². The van der Waals surface area contributed by atoms with E-state index in [4.69, 9.17) is 5.11 Å². The Balaban J connectivity index is 2.24. The van der Waals surface area contributed by atoms with E-state index in [-0.39, 0.29) is 12.5 Å². The highest BCUT2D eigenvalue weighted by Crippen LogP contribution is 2.17. The van der Waals surface area contributed by atoms with Gasteiger partial charge in [0.2, 0.25) is 5.91 Å². The van der Waals surface area contributed by atoms with Crippen molar-refractivity contribution in [2.45, 2.75) is 19.8 Å². The van der Waals surface area contributed by atoms with Crippen molar-refractivity contribution < 1.29 is 9.90 Å². The van der Waals surface area contributed by atoms with E-state index >= 15 is 0 Å². The summed E-state index contributed by atoms with van der Waals surface area (Å²) in [6.45, 7) is 1.64. The van der Waals surface area contributed by atoms with E-state index in [2.05, 4.69) is 15.3 Å². The normalized spacial score (nSPS) is 10.7. The van der Waals surface area contributed by atoms with Crippen LogP contribution in [0.5, 0.6) is 0 Å². The maximum Gasteiger partial charge on any atom is 0.221 e. The molecule has 0 bridgehead atoms. The minimum absolute atomic E-state index is 0.0932. The van der Waals surface area contributed by atoms with Gasteiger partial charge in [-0.15, -0.1) is 0 Å². The summed E-state index contributed by atoms with van der Waals surface area (Å²) in [5, 5.41) is 11.5. The van der Waals surface area contributed by atoms with E-state index < -0.39 is 0 Å². The Labute approximate surface area is 98.9 Å². The maximum atomic E-state index is 10.9. The molecule has 0 saturated carbocycles. The Hall–Kier alpha value is -1.88. The second-order valence-corrected chi connectivity index (χ2v) is 3.92. The molecule has 0 unspecified atom stereocenters. The number of anilines is 1. The molecule has 1 heterocycles. The number of aryl methyl sites for hydroxylation is 1. The fraction of sp³-hybridized carbons (Fsp3) is 0.333. The van der Waals surface area contributed by atoms with Crippen LogP contribution in [0.25, 0.3) is 11.0 Å². The average molecular weight is 233 g/mol. The fourth-order valence-corrected chi connectivity index (χ4v) is 1.71. The minimum atomic E-state index is -0.0932. The summed E-state index contributed by atoms with van der Waals surface area (Å²) < 4.78 is 0. The number of nitrogens with one attached hydrogen (secondary N) is 2. The molecule has 0 aliphatic rings. The topological polar surface area (TPSA) is 78.0 Å². The number of aliphatic hydroxyl groups excluding tert-OH is 1. The number of carbonyl (C=O) groups excluding carboxylic acids is 1. The van der Waals surface area contributed by atoms with Gasteiger partial charge in [-0.1, -0.05) is 0 Å². The summed E-state index contributed by atoms with van der Waals surface area (Å²) in [4.78, 5) is 18.5. The molecular weight excluding hydrogens is 218 g/mol. The first kappa shape index (κ1) is 11.6. The monoisotopic (exact) mass is 233 g/mol. The third kappa shape index (κ3) is 2.82. The number of hydrogen-bond donors (Lipinski definition) is 3. The molecule has 5 nitrogen and oxygen atoms in total. The lowest BCUT2D eigenvalue weighted by Crippen LogP contribution is -2.05. The molecule has 1 aromatic heterocycles. The van der Waals surface area contributed by atoms with Crippen molar-refractivity contribution in [1.82, 2.24) is 9.97 Å². The number of benzene rings is 1. The SMILES string of the molecule is CC(=O)Nc1ccc2nc(CCCO)[nH]c2c1. The first-order valence-electron chi connectivity index (χ1n) is 5.56. The second-order valence-electron chi connectivity index (χ2n) is 3.92. The van der Waals surface area contributed by atoms with Crippen molar-refractivity contribution in [1.29, 1.82) is 0 Å². The van der Waals surface area contributed by atoms with Crippen LogP contribution in [0.4, 0.5) is 5.69 Å². The van der Waals surface area contributed by atoms with Gasteiger partial charge < -0.3 is 15.4 Å². The average Bonchev–Trinajstić information content (AvgIpc) is 2.67. The quantitative estimate of drug-likeness (QED) is 0.747. The molecule has 3 N–H and O–H groups in total. The molecule has 5 heteroatoms. The van der Waals surface area contributed by atoms with Gasteiger partial charge in [0.1, 0.15) is 5.82 Å². The van der Waals surface area contributed by atoms with Crippen LogP contribution in [0.1, 0.15) is 19.2 Å². The van der Waals surface area contributed by atoms with Gasteiger partial charge in [-0.3, -0.25) is 4.79 Å². The molecule has 90 valence electrons. The summed E-state index contributed by atoms with van der Waals surface area (Å²) in [5.41, 5.74) is 2.51. The Morgan fingerprint density at radius 2 is 2.35 bits per heavy atom. The number of aromatic amines is 1. The number of imidazole rings is 1. The highest BCUT2D eigenvalue weighted by molar-refractivity contribution is 5.91. The zero-order valence-electron chi connectivity index (χ0n) is 9.66. The Kier molecular flexibility index (Phi) is 3.39. The maximum absolute atomic E-state index is 10.9. The number of aliphatic hydroxyl groups is 1. The number of carbonyl (C=O) groups is 1. The number of fused-ring (bicyclic) bond motifs is 1. The largest absolute Gasteiger partial charge is 0.396 e. The fourth-order valence-electron chi connectivity index (χ4n) is 1.71. The van der Waals surface area contributed by atoms with Crippen LogP contribution in [0.2, 0.25) is 0 Å². The lowest BCUT2D eigenvalue weighted by atomic mass is 10.3. The third-order valence-corrected chi connectivity index (χ3v) is 2.42. The van der Waals surface area contributed by atoms with Crippen molar-refractivity contribution >= 4 is 22.6 Å². The number of aromatic nitrogens is 2. The van der Waals surface area contributed by atoms with E-state index in [1.807, 2.05) is 18.2 Å². The second kappa shape index (κ2) is 4.97. The molecule has 0 spiro atoms. The molecule has 0 atom stereocenters. The van der Waals surface area contributed by atoms with Crippen molar-refractivity contribution in [2.75, 3.05) is 11.9 Å². The van der Waals surface area contributed by atoms with E-state index in [0.717, 1.165) is 29.0 Å². The molecule has 0 aliphatic carbocycles. The van der Waals surface area contributed by atoms with Gasteiger partial charge in [0.25, 0.3) is 0 Å². The summed E-state index contributed by atoms with van der Waals surface area (Å²) in [5.74, 6) is 0.762. The van der Waals surface area contributed by atoms with E-state index in [9.17, 15) is 4.79 Å². The molecule has 1 amide bonds. The van der Waals surface area contributed by atoms with Crippen LogP contribution >= 0.6 is 0 Å². The van der Waals surface area contributed by atoms with E-state index in [0.29, 0.717) is 6.42 Å². The highest BCUT2D eigenvalue weighted by Gasteiger charge is 2.04.